The van der Waals surface area contributed by atoms with Crippen molar-refractivity contribution < 1.29 is 0 Å². The summed E-state index contributed by atoms with van der Waals surface area (Å²) in [5.74, 6) is 12.2. The molecule has 4 saturated carbocycles. The predicted molar refractivity (Wildman–Crippen MR) is 63.2 cm³/mol. The molecule has 3 atom stereocenters. The van der Waals surface area contributed by atoms with Gasteiger partial charge in [0.2, 0.25) is 0 Å². The van der Waals surface area contributed by atoms with Crippen molar-refractivity contribution in [2.75, 3.05) is 0 Å². The van der Waals surface area contributed by atoms with E-state index in [1.54, 1.807) is 0 Å². The normalized spacial score (nSPS) is 43.9. The Labute approximate surface area is 93.8 Å². The molecule has 0 N–H and O–H groups in total. The third-order valence-electron chi connectivity index (χ3n) is 4.89. The van der Waals surface area contributed by atoms with Gasteiger partial charge in [0.05, 0.1) is 0 Å². The molecule has 0 aromatic carbocycles. The summed E-state index contributed by atoms with van der Waals surface area (Å²) in [6.07, 6.45) is 9.66. The Morgan fingerprint density at radius 3 is 2.47 bits per heavy atom. The predicted octanol–water partition coefficient (Wildman–Crippen LogP) is 3.86. The molecule has 0 heteroatoms. The van der Waals surface area contributed by atoms with Gasteiger partial charge in [0.15, 0.2) is 0 Å². The van der Waals surface area contributed by atoms with E-state index in [9.17, 15) is 0 Å². The summed E-state index contributed by atoms with van der Waals surface area (Å²) in [4.78, 5) is 0. The Bertz CT molecular complexity index is 279. The van der Waals surface area contributed by atoms with E-state index in [1.807, 2.05) is 0 Å². The Morgan fingerprint density at radius 1 is 1.07 bits per heavy atom. The zero-order chi connectivity index (χ0) is 10.3. The second kappa shape index (κ2) is 3.85. The molecule has 0 saturated heterocycles. The molecule has 0 amide bonds. The van der Waals surface area contributed by atoms with E-state index in [-0.39, 0.29) is 0 Å². The van der Waals surface area contributed by atoms with Crippen molar-refractivity contribution in [3.05, 3.63) is 0 Å². The molecular formula is C15H22. The zero-order valence-corrected chi connectivity index (χ0v) is 9.84. The fourth-order valence-electron chi connectivity index (χ4n) is 4.12. The van der Waals surface area contributed by atoms with Crippen LogP contribution in [0.5, 0.6) is 0 Å². The standard InChI is InChI=1S/C15H22/c1-2-3-4-5-6-7-8-12-11-9-13-14(10-11)15(12)13/h11-15H,2-6,9-10H2,1H3. The van der Waals surface area contributed by atoms with Gasteiger partial charge in [-0.3, -0.25) is 0 Å². The summed E-state index contributed by atoms with van der Waals surface area (Å²) in [6, 6.07) is 0. The van der Waals surface area contributed by atoms with Gasteiger partial charge >= 0.3 is 0 Å². The molecule has 15 heavy (non-hydrogen) atoms. The van der Waals surface area contributed by atoms with Gasteiger partial charge in [-0.15, -0.1) is 5.92 Å². The number of unbranched alkanes of at least 4 members (excludes halogenated alkanes) is 4. The van der Waals surface area contributed by atoms with E-state index < -0.39 is 0 Å². The molecule has 0 nitrogen and oxygen atoms in total. The second-order valence-electron chi connectivity index (χ2n) is 5.79. The topological polar surface area (TPSA) is 0 Å². The van der Waals surface area contributed by atoms with E-state index in [2.05, 4.69) is 18.8 Å². The van der Waals surface area contributed by atoms with Gasteiger partial charge in [-0.2, -0.15) is 0 Å². The first-order valence-electron chi connectivity index (χ1n) is 6.90. The molecule has 4 rings (SSSR count). The molecule has 4 fully saturated rings. The number of hydrogen-bond donors (Lipinski definition) is 0. The van der Waals surface area contributed by atoms with Crippen molar-refractivity contribution in [3.8, 4) is 11.8 Å². The lowest BCUT2D eigenvalue weighted by Crippen LogP contribution is -2.00. The Hall–Kier alpha value is -0.440. The lowest BCUT2D eigenvalue weighted by molar-refractivity contribution is 0.513. The highest BCUT2D eigenvalue weighted by molar-refractivity contribution is 5.24. The molecule has 0 heterocycles. The molecule has 4 bridgehead atoms. The Kier molecular flexibility index (Phi) is 2.51. The molecule has 0 spiro atoms. The maximum Gasteiger partial charge on any atom is 0.0265 e. The van der Waals surface area contributed by atoms with Crippen LogP contribution in [-0.4, -0.2) is 0 Å². The monoisotopic (exact) mass is 202 g/mol. The highest BCUT2D eigenvalue weighted by Gasteiger charge is 2.67. The lowest BCUT2D eigenvalue weighted by atomic mass is 9.99. The summed E-state index contributed by atoms with van der Waals surface area (Å²) in [5, 5.41) is 0. The van der Waals surface area contributed by atoms with E-state index in [0.29, 0.717) is 0 Å². The average Bonchev–Trinajstić information content (AvgIpc) is 2.66. The van der Waals surface area contributed by atoms with Gasteiger partial charge in [-0.05, 0) is 42.9 Å². The average molecular weight is 202 g/mol. The third kappa shape index (κ3) is 1.61. The maximum atomic E-state index is 3.59. The van der Waals surface area contributed by atoms with E-state index >= 15 is 0 Å². The van der Waals surface area contributed by atoms with Crippen LogP contribution in [0.3, 0.4) is 0 Å². The number of hydrogen-bond acceptors (Lipinski definition) is 0. The Balaban J connectivity index is 1.41. The first kappa shape index (κ1) is 9.76. The molecule has 3 unspecified atom stereocenters. The van der Waals surface area contributed by atoms with Crippen LogP contribution in [0.15, 0.2) is 0 Å². The minimum atomic E-state index is 0.839. The van der Waals surface area contributed by atoms with Crippen LogP contribution in [0.1, 0.15) is 51.9 Å². The minimum absolute atomic E-state index is 0.839. The van der Waals surface area contributed by atoms with Crippen molar-refractivity contribution in [1.82, 2.24) is 0 Å². The summed E-state index contributed by atoms with van der Waals surface area (Å²) in [6.45, 7) is 2.27. The summed E-state index contributed by atoms with van der Waals surface area (Å²) < 4.78 is 0. The van der Waals surface area contributed by atoms with Crippen LogP contribution in [0, 0.1) is 41.4 Å². The molecule has 82 valence electrons. The summed E-state index contributed by atoms with van der Waals surface area (Å²) >= 11 is 0. The van der Waals surface area contributed by atoms with Gasteiger partial charge in [-0.25, -0.2) is 0 Å². The summed E-state index contributed by atoms with van der Waals surface area (Å²) in [5.41, 5.74) is 0. The fourth-order valence-corrected chi connectivity index (χ4v) is 4.12. The van der Waals surface area contributed by atoms with Crippen molar-refractivity contribution in [2.45, 2.75) is 51.9 Å². The zero-order valence-electron chi connectivity index (χ0n) is 9.84. The molecule has 0 aromatic rings. The number of rotatable bonds is 4. The first-order chi connectivity index (χ1) is 7.42. The van der Waals surface area contributed by atoms with Crippen molar-refractivity contribution in [2.24, 2.45) is 29.6 Å². The van der Waals surface area contributed by atoms with Gasteiger partial charge in [0.25, 0.3) is 0 Å². The van der Waals surface area contributed by atoms with Crippen LogP contribution in [0.4, 0.5) is 0 Å². The smallest absolute Gasteiger partial charge is 0.0265 e. The van der Waals surface area contributed by atoms with Crippen LogP contribution in [0.2, 0.25) is 0 Å². The van der Waals surface area contributed by atoms with Gasteiger partial charge in [0.1, 0.15) is 0 Å². The van der Waals surface area contributed by atoms with Crippen molar-refractivity contribution in [1.29, 1.82) is 0 Å². The molecule has 0 aromatic heterocycles. The maximum absolute atomic E-state index is 3.59. The van der Waals surface area contributed by atoms with Crippen LogP contribution in [-0.2, 0) is 0 Å². The molecule has 0 aliphatic heterocycles. The fraction of sp³-hybridized carbons (Fsp3) is 0.867. The SMILES string of the molecule is CCCCCCC#CC1C2CC3C(C2)C13. The second-order valence-corrected chi connectivity index (χ2v) is 5.79. The van der Waals surface area contributed by atoms with Crippen LogP contribution >= 0.6 is 0 Å². The van der Waals surface area contributed by atoms with E-state index in [0.717, 1.165) is 36.0 Å². The quantitative estimate of drug-likeness (QED) is 0.479. The van der Waals surface area contributed by atoms with Crippen molar-refractivity contribution >= 4 is 0 Å². The van der Waals surface area contributed by atoms with Gasteiger partial charge in [-0.1, -0.05) is 32.1 Å². The van der Waals surface area contributed by atoms with Gasteiger partial charge in [0, 0.05) is 12.3 Å². The minimum Gasteiger partial charge on any atom is -0.103 e. The van der Waals surface area contributed by atoms with Crippen LogP contribution in [0.25, 0.3) is 0 Å². The van der Waals surface area contributed by atoms with E-state index in [4.69, 9.17) is 0 Å². The highest BCUT2D eigenvalue weighted by atomic mass is 14.7. The Morgan fingerprint density at radius 2 is 1.87 bits per heavy atom. The molecular weight excluding hydrogens is 180 g/mol. The van der Waals surface area contributed by atoms with Gasteiger partial charge < -0.3 is 0 Å². The largest absolute Gasteiger partial charge is 0.103 e. The van der Waals surface area contributed by atoms with Crippen LogP contribution < -0.4 is 0 Å². The van der Waals surface area contributed by atoms with Crippen molar-refractivity contribution in [3.63, 3.8) is 0 Å². The molecule has 4 aliphatic carbocycles. The third-order valence-corrected chi connectivity index (χ3v) is 4.89. The highest BCUT2D eigenvalue weighted by Crippen LogP contribution is 2.73. The van der Waals surface area contributed by atoms with E-state index in [1.165, 1.54) is 38.5 Å². The molecule has 0 radical (unpaired) electrons. The first-order valence-corrected chi connectivity index (χ1v) is 6.90. The lowest BCUT2D eigenvalue weighted by Gasteiger charge is -2.05. The summed E-state index contributed by atoms with van der Waals surface area (Å²) in [7, 11) is 0. The molecule has 4 aliphatic rings.